The normalized spacial score (nSPS) is 10.2. The summed E-state index contributed by atoms with van der Waals surface area (Å²) < 4.78 is 0. The summed E-state index contributed by atoms with van der Waals surface area (Å²) in [7, 11) is 1.84. The van der Waals surface area contributed by atoms with Gasteiger partial charge in [0.15, 0.2) is 0 Å². The van der Waals surface area contributed by atoms with E-state index >= 15 is 0 Å². The second-order valence-corrected chi connectivity index (χ2v) is 4.87. The minimum Gasteiger partial charge on any atom is -0.373 e. The summed E-state index contributed by atoms with van der Waals surface area (Å²) in [5, 5.41) is 5.96. The first-order valence-corrected chi connectivity index (χ1v) is 7.27. The fraction of sp³-hybridized carbons (Fsp3) is 0.294. The van der Waals surface area contributed by atoms with Crippen LogP contribution in [0.2, 0.25) is 0 Å². The molecule has 0 radical (unpaired) electrons. The molecule has 0 atom stereocenters. The van der Waals surface area contributed by atoms with Gasteiger partial charge in [-0.05, 0) is 41.8 Å². The lowest BCUT2D eigenvalue weighted by Crippen LogP contribution is -2.24. The van der Waals surface area contributed by atoms with Crippen molar-refractivity contribution in [3.63, 3.8) is 0 Å². The highest BCUT2D eigenvalue weighted by atomic mass is 16.1. The Morgan fingerprint density at radius 1 is 1.19 bits per heavy atom. The van der Waals surface area contributed by atoms with Gasteiger partial charge in [0.1, 0.15) is 5.82 Å². The molecule has 0 spiro atoms. The fourth-order valence-corrected chi connectivity index (χ4v) is 2.07. The highest BCUT2D eigenvalue weighted by Gasteiger charge is 2.07. The minimum atomic E-state index is -0.0202. The van der Waals surface area contributed by atoms with E-state index in [1.54, 1.807) is 6.20 Å². The second kappa shape index (κ2) is 7.43. The van der Waals surface area contributed by atoms with Crippen molar-refractivity contribution in [2.45, 2.75) is 19.8 Å². The standard InChI is InChI=1S/C17H21N3O/c1-3-4-9-20-17(21)15-7-5-6-13(11-15)14-8-10-19-16(12-14)18-2/h5-8,10-12H,3-4,9H2,1-2H3,(H,18,19)(H,20,21). The Morgan fingerprint density at radius 3 is 2.76 bits per heavy atom. The van der Waals surface area contributed by atoms with Crippen molar-refractivity contribution in [3.05, 3.63) is 48.2 Å². The third kappa shape index (κ3) is 4.05. The summed E-state index contributed by atoms with van der Waals surface area (Å²) in [6, 6.07) is 11.6. The number of anilines is 1. The number of aromatic nitrogens is 1. The predicted molar refractivity (Wildman–Crippen MR) is 86.5 cm³/mol. The van der Waals surface area contributed by atoms with Crippen LogP contribution in [0.3, 0.4) is 0 Å². The monoisotopic (exact) mass is 283 g/mol. The molecule has 1 aromatic heterocycles. The van der Waals surface area contributed by atoms with Gasteiger partial charge in [-0.15, -0.1) is 0 Å². The molecule has 0 unspecified atom stereocenters. The minimum absolute atomic E-state index is 0.0202. The molecule has 4 nitrogen and oxygen atoms in total. The number of nitrogens with zero attached hydrogens (tertiary/aromatic N) is 1. The zero-order valence-corrected chi connectivity index (χ0v) is 12.5. The van der Waals surface area contributed by atoms with Crippen molar-refractivity contribution in [2.75, 3.05) is 18.9 Å². The Morgan fingerprint density at radius 2 is 2.00 bits per heavy atom. The third-order valence-electron chi connectivity index (χ3n) is 3.29. The molecule has 2 N–H and O–H groups in total. The van der Waals surface area contributed by atoms with Gasteiger partial charge in [-0.25, -0.2) is 4.98 Å². The van der Waals surface area contributed by atoms with E-state index in [0.29, 0.717) is 5.56 Å². The van der Waals surface area contributed by atoms with Crippen LogP contribution in [0.15, 0.2) is 42.6 Å². The van der Waals surface area contributed by atoms with Crippen LogP contribution < -0.4 is 10.6 Å². The van der Waals surface area contributed by atoms with E-state index in [1.807, 2.05) is 43.4 Å². The van der Waals surface area contributed by atoms with Crippen molar-refractivity contribution in [1.82, 2.24) is 10.3 Å². The zero-order chi connectivity index (χ0) is 15.1. The largest absolute Gasteiger partial charge is 0.373 e. The molecule has 4 heteroatoms. The summed E-state index contributed by atoms with van der Waals surface area (Å²) in [5.41, 5.74) is 2.74. The van der Waals surface area contributed by atoms with Crippen molar-refractivity contribution >= 4 is 11.7 Å². The second-order valence-electron chi connectivity index (χ2n) is 4.87. The van der Waals surface area contributed by atoms with Gasteiger partial charge < -0.3 is 10.6 Å². The van der Waals surface area contributed by atoms with E-state index in [2.05, 4.69) is 22.5 Å². The number of carbonyl (C=O) groups excluding carboxylic acids is 1. The molecule has 110 valence electrons. The zero-order valence-electron chi connectivity index (χ0n) is 12.5. The molecule has 1 aromatic carbocycles. The van der Waals surface area contributed by atoms with E-state index in [1.165, 1.54) is 0 Å². The average molecular weight is 283 g/mol. The van der Waals surface area contributed by atoms with Crippen molar-refractivity contribution in [1.29, 1.82) is 0 Å². The van der Waals surface area contributed by atoms with Crippen LogP contribution in [-0.2, 0) is 0 Å². The number of unbranched alkanes of at least 4 members (excludes halogenated alkanes) is 1. The number of pyridine rings is 1. The van der Waals surface area contributed by atoms with Gasteiger partial charge in [0.25, 0.3) is 5.91 Å². The van der Waals surface area contributed by atoms with Crippen molar-refractivity contribution < 1.29 is 4.79 Å². The number of hydrogen-bond acceptors (Lipinski definition) is 3. The number of hydrogen-bond donors (Lipinski definition) is 2. The van der Waals surface area contributed by atoms with E-state index in [4.69, 9.17) is 0 Å². The van der Waals surface area contributed by atoms with Gasteiger partial charge in [-0.2, -0.15) is 0 Å². The summed E-state index contributed by atoms with van der Waals surface area (Å²) >= 11 is 0. The average Bonchev–Trinajstić information content (AvgIpc) is 2.55. The van der Waals surface area contributed by atoms with E-state index < -0.39 is 0 Å². The highest BCUT2D eigenvalue weighted by molar-refractivity contribution is 5.95. The van der Waals surface area contributed by atoms with E-state index in [0.717, 1.165) is 36.3 Å². The molecule has 0 aliphatic carbocycles. The maximum Gasteiger partial charge on any atom is 0.251 e. The van der Waals surface area contributed by atoms with Crippen molar-refractivity contribution in [2.24, 2.45) is 0 Å². The van der Waals surface area contributed by atoms with Gasteiger partial charge in [-0.3, -0.25) is 4.79 Å². The molecule has 0 fully saturated rings. The molecule has 0 bridgehead atoms. The maximum atomic E-state index is 12.1. The van der Waals surface area contributed by atoms with Gasteiger partial charge in [0.2, 0.25) is 0 Å². The van der Waals surface area contributed by atoms with E-state index in [-0.39, 0.29) is 5.91 Å². The Kier molecular flexibility index (Phi) is 5.32. The Hall–Kier alpha value is -2.36. The third-order valence-corrected chi connectivity index (χ3v) is 3.29. The topological polar surface area (TPSA) is 54.0 Å². The van der Waals surface area contributed by atoms with Crippen LogP contribution in [0, 0.1) is 0 Å². The molecule has 2 rings (SSSR count). The number of nitrogens with one attached hydrogen (secondary N) is 2. The van der Waals surface area contributed by atoms with Crippen LogP contribution >= 0.6 is 0 Å². The first-order valence-electron chi connectivity index (χ1n) is 7.27. The Balaban J connectivity index is 2.18. The highest BCUT2D eigenvalue weighted by Crippen LogP contribution is 2.22. The first-order chi connectivity index (χ1) is 10.2. The maximum absolute atomic E-state index is 12.1. The number of benzene rings is 1. The van der Waals surface area contributed by atoms with Crippen LogP contribution in [0.1, 0.15) is 30.1 Å². The quantitative estimate of drug-likeness (QED) is 0.800. The Bertz CT molecular complexity index is 610. The molecule has 0 saturated heterocycles. The van der Waals surface area contributed by atoms with Gasteiger partial charge >= 0.3 is 0 Å². The number of carbonyl (C=O) groups is 1. The van der Waals surface area contributed by atoms with E-state index in [9.17, 15) is 4.79 Å². The van der Waals surface area contributed by atoms with Crippen LogP contribution in [0.4, 0.5) is 5.82 Å². The predicted octanol–water partition coefficient (Wildman–Crippen LogP) is 3.32. The molecule has 0 aliphatic rings. The summed E-state index contributed by atoms with van der Waals surface area (Å²) in [5.74, 6) is 0.790. The summed E-state index contributed by atoms with van der Waals surface area (Å²) in [4.78, 5) is 16.3. The van der Waals surface area contributed by atoms with Gasteiger partial charge in [0.05, 0.1) is 0 Å². The molecule has 0 saturated carbocycles. The number of rotatable bonds is 6. The SMILES string of the molecule is CCCCNC(=O)c1cccc(-c2ccnc(NC)c2)c1. The molecule has 1 amide bonds. The van der Waals surface area contributed by atoms with Crippen LogP contribution in [0.5, 0.6) is 0 Å². The Labute approximate surface area is 125 Å². The lowest BCUT2D eigenvalue weighted by Gasteiger charge is -2.08. The lowest BCUT2D eigenvalue weighted by atomic mass is 10.0. The molecule has 0 aliphatic heterocycles. The molecular weight excluding hydrogens is 262 g/mol. The van der Waals surface area contributed by atoms with Gasteiger partial charge in [0, 0.05) is 25.4 Å². The molecule has 1 heterocycles. The lowest BCUT2D eigenvalue weighted by molar-refractivity contribution is 0.0953. The summed E-state index contributed by atoms with van der Waals surface area (Å²) in [6.45, 7) is 2.83. The molecule has 2 aromatic rings. The number of amides is 1. The molecule has 21 heavy (non-hydrogen) atoms. The summed E-state index contributed by atoms with van der Waals surface area (Å²) in [6.07, 6.45) is 3.83. The van der Waals surface area contributed by atoms with Gasteiger partial charge in [-0.1, -0.05) is 25.5 Å². The fourth-order valence-electron chi connectivity index (χ4n) is 2.07. The molecular formula is C17H21N3O. The first kappa shape index (κ1) is 15.0. The van der Waals surface area contributed by atoms with Crippen LogP contribution in [0.25, 0.3) is 11.1 Å². The van der Waals surface area contributed by atoms with Crippen LogP contribution in [-0.4, -0.2) is 24.5 Å². The van der Waals surface area contributed by atoms with Crippen molar-refractivity contribution in [3.8, 4) is 11.1 Å². The smallest absolute Gasteiger partial charge is 0.251 e.